The molecular formula is C13H13N3O4. The van der Waals surface area contributed by atoms with Crippen LogP contribution in [0.25, 0.3) is 0 Å². The number of aldehydes is 1. The van der Waals surface area contributed by atoms with Gasteiger partial charge in [-0.05, 0) is 12.5 Å². The normalized spacial score (nSPS) is 18.4. The van der Waals surface area contributed by atoms with E-state index in [2.05, 4.69) is 10.3 Å². The first-order chi connectivity index (χ1) is 9.54. The van der Waals surface area contributed by atoms with Gasteiger partial charge in [-0.25, -0.2) is 0 Å². The SMILES string of the molecule is CN(C(=O)c1cnccc1C=O)C1CCC(=O)NC1=O. The highest BCUT2D eigenvalue weighted by Crippen LogP contribution is 2.15. The van der Waals surface area contributed by atoms with Crippen molar-refractivity contribution in [3.8, 4) is 0 Å². The van der Waals surface area contributed by atoms with Crippen LogP contribution in [0.1, 0.15) is 33.6 Å². The van der Waals surface area contributed by atoms with E-state index in [9.17, 15) is 19.2 Å². The van der Waals surface area contributed by atoms with Crippen LogP contribution in [0.15, 0.2) is 18.5 Å². The molecule has 7 nitrogen and oxygen atoms in total. The van der Waals surface area contributed by atoms with Crippen LogP contribution >= 0.6 is 0 Å². The molecule has 7 heteroatoms. The molecule has 0 radical (unpaired) electrons. The lowest BCUT2D eigenvalue weighted by molar-refractivity contribution is -0.136. The second-order valence-electron chi connectivity index (χ2n) is 4.46. The van der Waals surface area contributed by atoms with Crippen molar-refractivity contribution in [2.45, 2.75) is 18.9 Å². The number of nitrogens with zero attached hydrogens (tertiary/aromatic N) is 2. The number of hydrogen-bond acceptors (Lipinski definition) is 5. The van der Waals surface area contributed by atoms with Crippen molar-refractivity contribution in [1.29, 1.82) is 0 Å². The Kier molecular flexibility index (Phi) is 3.88. The van der Waals surface area contributed by atoms with E-state index in [-0.39, 0.29) is 29.9 Å². The minimum atomic E-state index is -0.722. The molecule has 0 aromatic carbocycles. The zero-order valence-corrected chi connectivity index (χ0v) is 10.8. The molecule has 2 rings (SSSR count). The lowest BCUT2D eigenvalue weighted by Gasteiger charge is -2.29. The molecule has 1 aliphatic heterocycles. The third kappa shape index (κ3) is 2.56. The van der Waals surface area contributed by atoms with Crippen LogP contribution < -0.4 is 5.32 Å². The first kappa shape index (κ1) is 13.9. The van der Waals surface area contributed by atoms with E-state index in [1.54, 1.807) is 0 Å². The summed E-state index contributed by atoms with van der Waals surface area (Å²) in [4.78, 5) is 51.1. The number of piperidine rings is 1. The maximum atomic E-state index is 12.3. The second kappa shape index (κ2) is 5.60. The van der Waals surface area contributed by atoms with E-state index >= 15 is 0 Å². The molecule has 0 saturated carbocycles. The van der Waals surface area contributed by atoms with E-state index < -0.39 is 17.9 Å². The summed E-state index contributed by atoms with van der Waals surface area (Å²) in [6, 6.07) is 0.707. The molecule has 0 aliphatic carbocycles. The number of likely N-dealkylation sites (N-methyl/N-ethyl adjacent to an activating group) is 1. The molecule has 1 saturated heterocycles. The van der Waals surface area contributed by atoms with Crippen LogP contribution in [0.5, 0.6) is 0 Å². The van der Waals surface area contributed by atoms with Gasteiger partial charge in [-0.3, -0.25) is 29.5 Å². The summed E-state index contributed by atoms with van der Waals surface area (Å²) in [5, 5.41) is 2.19. The number of rotatable bonds is 3. The average molecular weight is 275 g/mol. The first-order valence-corrected chi connectivity index (χ1v) is 6.04. The van der Waals surface area contributed by atoms with Gasteiger partial charge in [0.2, 0.25) is 11.8 Å². The topological polar surface area (TPSA) is 96.4 Å². The van der Waals surface area contributed by atoms with Crippen molar-refractivity contribution in [1.82, 2.24) is 15.2 Å². The van der Waals surface area contributed by atoms with E-state index in [1.165, 1.54) is 30.4 Å². The molecule has 1 aliphatic rings. The second-order valence-corrected chi connectivity index (χ2v) is 4.46. The summed E-state index contributed by atoms with van der Waals surface area (Å²) < 4.78 is 0. The smallest absolute Gasteiger partial charge is 0.256 e. The third-order valence-corrected chi connectivity index (χ3v) is 3.21. The predicted octanol–water partition coefficient (Wildman–Crippen LogP) is -0.229. The first-order valence-electron chi connectivity index (χ1n) is 6.04. The van der Waals surface area contributed by atoms with Gasteiger partial charge in [0, 0.05) is 31.4 Å². The van der Waals surface area contributed by atoms with Crippen LogP contribution in [-0.2, 0) is 9.59 Å². The molecule has 104 valence electrons. The Morgan fingerprint density at radius 1 is 1.50 bits per heavy atom. The van der Waals surface area contributed by atoms with Crippen molar-refractivity contribution < 1.29 is 19.2 Å². The molecule has 0 spiro atoms. The summed E-state index contributed by atoms with van der Waals surface area (Å²) in [5.41, 5.74) is 0.346. The van der Waals surface area contributed by atoms with Gasteiger partial charge in [-0.2, -0.15) is 0 Å². The Balaban J connectivity index is 2.22. The summed E-state index contributed by atoms with van der Waals surface area (Å²) in [5.74, 6) is -1.33. The number of carbonyl (C=O) groups is 4. The standard InChI is InChI=1S/C13H13N3O4/c1-16(10-2-3-11(18)15-12(10)19)13(20)9-6-14-5-4-8(9)7-17/h4-7,10H,2-3H2,1H3,(H,15,18,19). The fourth-order valence-electron chi connectivity index (χ4n) is 2.07. The zero-order valence-electron chi connectivity index (χ0n) is 10.8. The number of imide groups is 1. The summed E-state index contributed by atoms with van der Waals surface area (Å²) in [6.45, 7) is 0. The highest BCUT2D eigenvalue weighted by molar-refractivity contribution is 6.05. The van der Waals surface area contributed by atoms with Crippen molar-refractivity contribution in [3.63, 3.8) is 0 Å². The molecule has 1 atom stereocenters. The molecule has 1 unspecified atom stereocenters. The van der Waals surface area contributed by atoms with Crippen LogP contribution in [0.3, 0.4) is 0 Å². The number of pyridine rings is 1. The largest absolute Gasteiger partial charge is 0.330 e. The van der Waals surface area contributed by atoms with Gasteiger partial charge in [0.15, 0.2) is 6.29 Å². The van der Waals surface area contributed by atoms with Gasteiger partial charge in [0.25, 0.3) is 5.91 Å². The van der Waals surface area contributed by atoms with Crippen molar-refractivity contribution in [2.24, 2.45) is 0 Å². The van der Waals surface area contributed by atoms with E-state index in [1.807, 2.05) is 0 Å². The number of nitrogens with one attached hydrogen (secondary N) is 1. The highest BCUT2D eigenvalue weighted by Gasteiger charge is 2.33. The lowest BCUT2D eigenvalue weighted by atomic mass is 10.0. The van der Waals surface area contributed by atoms with E-state index in [4.69, 9.17) is 0 Å². The minimum Gasteiger partial charge on any atom is -0.330 e. The van der Waals surface area contributed by atoms with Gasteiger partial charge in [0.05, 0.1) is 5.56 Å². The Morgan fingerprint density at radius 3 is 2.90 bits per heavy atom. The number of amides is 3. The quantitative estimate of drug-likeness (QED) is 0.607. The summed E-state index contributed by atoms with van der Waals surface area (Å²) >= 11 is 0. The molecule has 1 N–H and O–H groups in total. The molecule has 1 aromatic rings. The van der Waals surface area contributed by atoms with Crippen LogP contribution in [0.2, 0.25) is 0 Å². The van der Waals surface area contributed by atoms with Gasteiger partial charge in [-0.15, -0.1) is 0 Å². The van der Waals surface area contributed by atoms with Crippen LogP contribution in [0, 0.1) is 0 Å². The predicted molar refractivity (Wildman–Crippen MR) is 67.9 cm³/mol. The number of aromatic nitrogens is 1. The maximum absolute atomic E-state index is 12.3. The highest BCUT2D eigenvalue weighted by atomic mass is 16.2. The molecule has 0 bridgehead atoms. The molecule has 2 heterocycles. The Hall–Kier alpha value is -2.57. The minimum absolute atomic E-state index is 0.134. The van der Waals surface area contributed by atoms with Gasteiger partial charge >= 0.3 is 0 Å². The monoisotopic (exact) mass is 275 g/mol. The van der Waals surface area contributed by atoms with Crippen molar-refractivity contribution >= 4 is 24.0 Å². The fourth-order valence-corrected chi connectivity index (χ4v) is 2.07. The van der Waals surface area contributed by atoms with E-state index in [0.717, 1.165) is 0 Å². The summed E-state index contributed by atoms with van der Waals surface area (Å²) in [6.07, 6.45) is 3.71. The Labute approximate surface area is 115 Å². The van der Waals surface area contributed by atoms with Gasteiger partial charge in [0.1, 0.15) is 6.04 Å². The molecule has 1 fully saturated rings. The lowest BCUT2D eigenvalue weighted by Crippen LogP contribution is -2.53. The molecule has 1 aromatic heterocycles. The Bertz CT molecular complexity index is 585. The Morgan fingerprint density at radius 2 is 2.25 bits per heavy atom. The van der Waals surface area contributed by atoms with Crippen molar-refractivity contribution in [2.75, 3.05) is 7.05 Å². The van der Waals surface area contributed by atoms with E-state index in [0.29, 0.717) is 6.29 Å². The fraction of sp³-hybridized carbons (Fsp3) is 0.308. The zero-order chi connectivity index (χ0) is 14.7. The third-order valence-electron chi connectivity index (χ3n) is 3.21. The maximum Gasteiger partial charge on any atom is 0.256 e. The molecular weight excluding hydrogens is 262 g/mol. The van der Waals surface area contributed by atoms with Crippen LogP contribution in [0.4, 0.5) is 0 Å². The molecule has 3 amide bonds. The average Bonchev–Trinajstić information content (AvgIpc) is 2.45. The number of hydrogen-bond donors (Lipinski definition) is 1. The van der Waals surface area contributed by atoms with Gasteiger partial charge in [-0.1, -0.05) is 0 Å². The van der Waals surface area contributed by atoms with Crippen molar-refractivity contribution in [3.05, 3.63) is 29.6 Å². The summed E-state index contributed by atoms with van der Waals surface area (Å²) in [7, 11) is 1.46. The number of carbonyl (C=O) groups excluding carboxylic acids is 4. The molecule has 20 heavy (non-hydrogen) atoms. The van der Waals surface area contributed by atoms with Gasteiger partial charge < -0.3 is 4.90 Å². The van der Waals surface area contributed by atoms with Crippen LogP contribution in [-0.4, -0.2) is 47.0 Å².